The largest absolute Gasteiger partial charge is 0.356 e. The Hall–Kier alpha value is -1.68. The Balaban J connectivity index is 1.29. The van der Waals surface area contributed by atoms with Crippen LogP contribution in [0.2, 0.25) is 0 Å². The van der Waals surface area contributed by atoms with Crippen molar-refractivity contribution in [3.63, 3.8) is 0 Å². The summed E-state index contributed by atoms with van der Waals surface area (Å²) in [6.07, 6.45) is 4.97. The van der Waals surface area contributed by atoms with E-state index in [2.05, 4.69) is 34.6 Å². The van der Waals surface area contributed by atoms with Gasteiger partial charge in [-0.05, 0) is 42.7 Å². The van der Waals surface area contributed by atoms with Crippen LogP contribution in [-0.4, -0.2) is 17.4 Å². The van der Waals surface area contributed by atoms with Crippen molar-refractivity contribution < 1.29 is 4.79 Å². The zero-order valence-corrected chi connectivity index (χ0v) is 13.4. The number of aromatic nitrogens is 1. The fraction of sp³-hybridized carbons (Fsp3) is 0.444. The van der Waals surface area contributed by atoms with Crippen LogP contribution in [0.1, 0.15) is 36.1 Å². The average molecular weight is 312 g/mol. The molecule has 2 aromatic rings. The molecule has 3 nitrogen and oxygen atoms in total. The van der Waals surface area contributed by atoms with E-state index in [0.29, 0.717) is 17.8 Å². The molecule has 0 saturated heterocycles. The van der Waals surface area contributed by atoms with E-state index < -0.39 is 0 Å². The summed E-state index contributed by atoms with van der Waals surface area (Å²) in [7, 11) is 0. The zero-order valence-electron chi connectivity index (χ0n) is 12.5. The molecular formula is C18H20N2OS. The summed E-state index contributed by atoms with van der Waals surface area (Å²) in [5, 5.41) is 5.14. The van der Waals surface area contributed by atoms with Crippen molar-refractivity contribution in [1.29, 1.82) is 0 Å². The van der Waals surface area contributed by atoms with Crippen molar-refractivity contribution in [2.24, 2.45) is 5.92 Å². The average Bonchev–Trinajstić information content (AvgIpc) is 2.89. The summed E-state index contributed by atoms with van der Waals surface area (Å²) >= 11 is 1.58. The third kappa shape index (κ3) is 2.45. The molecule has 1 saturated carbocycles. The predicted octanol–water partition coefficient (Wildman–Crippen LogP) is 3.10. The number of thiazole rings is 1. The molecular weight excluding hydrogens is 292 g/mol. The molecule has 1 aromatic heterocycles. The standard InChI is InChI=1S/C18H20N2OS/c21-17(6-5-15-11-22-12-20-15)19-10-14-9-18(14)8-7-13-3-1-2-4-16(13)18/h1-4,11-12,14H,5-10H2,(H,19,21)/t14-,18-/m0/s1. The third-order valence-corrected chi connectivity index (χ3v) is 5.90. The zero-order chi connectivity index (χ0) is 15.0. The van der Waals surface area contributed by atoms with Gasteiger partial charge in [-0.15, -0.1) is 11.3 Å². The van der Waals surface area contributed by atoms with Crippen LogP contribution in [-0.2, 0) is 23.1 Å². The molecule has 1 spiro atoms. The van der Waals surface area contributed by atoms with E-state index >= 15 is 0 Å². The van der Waals surface area contributed by atoms with Crippen molar-refractivity contribution in [2.75, 3.05) is 6.54 Å². The lowest BCUT2D eigenvalue weighted by atomic mass is 9.95. The molecule has 22 heavy (non-hydrogen) atoms. The fourth-order valence-electron chi connectivity index (χ4n) is 3.93. The van der Waals surface area contributed by atoms with Crippen LogP contribution < -0.4 is 5.32 Å². The van der Waals surface area contributed by atoms with Crippen LogP contribution in [0.3, 0.4) is 0 Å². The number of hydrogen-bond acceptors (Lipinski definition) is 3. The lowest BCUT2D eigenvalue weighted by Crippen LogP contribution is -2.27. The molecule has 1 heterocycles. The van der Waals surface area contributed by atoms with Crippen molar-refractivity contribution in [2.45, 2.75) is 37.5 Å². The van der Waals surface area contributed by atoms with Gasteiger partial charge in [0.25, 0.3) is 0 Å². The lowest BCUT2D eigenvalue weighted by molar-refractivity contribution is -0.121. The second-order valence-electron chi connectivity index (χ2n) is 6.50. The van der Waals surface area contributed by atoms with Crippen LogP contribution >= 0.6 is 11.3 Å². The first-order valence-corrected chi connectivity index (χ1v) is 8.94. The van der Waals surface area contributed by atoms with E-state index in [-0.39, 0.29) is 5.91 Å². The normalized spacial score (nSPS) is 25.2. The number of nitrogens with one attached hydrogen (secondary N) is 1. The molecule has 0 bridgehead atoms. The number of hydrogen-bond donors (Lipinski definition) is 1. The van der Waals surface area contributed by atoms with E-state index in [0.717, 1.165) is 18.7 Å². The second kappa shape index (κ2) is 5.51. The van der Waals surface area contributed by atoms with Gasteiger partial charge in [0.15, 0.2) is 0 Å². The SMILES string of the molecule is O=C(CCc1cscn1)NC[C@@H]1C[C@@]12CCc1ccccc12. The first-order valence-electron chi connectivity index (χ1n) is 8.00. The molecule has 2 aliphatic carbocycles. The highest BCUT2D eigenvalue weighted by Crippen LogP contribution is 2.61. The molecule has 1 aromatic carbocycles. The van der Waals surface area contributed by atoms with Crippen LogP contribution in [0.4, 0.5) is 0 Å². The molecule has 4 heteroatoms. The van der Waals surface area contributed by atoms with Gasteiger partial charge in [0.2, 0.25) is 5.91 Å². The highest BCUT2D eigenvalue weighted by molar-refractivity contribution is 7.07. The molecule has 4 rings (SSSR count). The van der Waals surface area contributed by atoms with Crippen LogP contribution in [0.25, 0.3) is 0 Å². The van der Waals surface area contributed by atoms with E-state index in [1.807, 2.05) is 10.9 Å². The number of carbonyl (C=O) groups is 1. The number of benzene rings is 1. The minimum Gasteiger partial charge on any atom is -0.356 e. The van der Waals surface area contributed by atoms with E-state index in [1.54, 1.807) is 11.3 Å². The number of nitrogens with zero attached hydrogens (tertiary/aromatic N) is 1. The van der Waals surface area contributed by atoms with Crippen molar-refractivity contribution in [3.8, 4) is 0 Å². The third-order valence-electron chi connectivity index (χ3n) is 5.26. The van der Waals surface area contributed by atoms with Gasteiger partial charge in [-0.25, -0.2) is 4.98 Å². The maximum absolute atomic E-state index is 12.0. The van der Waals surface area contributed by atoms with Crippen molar-refractivity contribution >= 4 is 17.2 Å². The van der Waals surface area contributed by atoms with Gasteiger partial charge >= 0.3 is 0 Å². The predicted molar refractivity (Wildman–Crippen MR) is 88.0 cm³/mol. The highest BCUT2D eigenvalue weighted by Gasteiger charge is 2.57. The Kier molecular flexibility index (Phi) is 3.49. The van der Waals surface area contributed by atoms with Gasteiger partial charge in [0.1, 0.15) is 0 Å². The first-order chi connectivity index (χ1) is 10.8. The summed E-state index contributed by atoms with van der Waals surface area (Å²) in [5.41, 5.74) is 6.27. The molecule has 114 valence electrons. The Labute approximate surface area is 134 Å². The van der Waals surface area contributed by atoms with Crippen molar-refractivity contribution in [3.05, 3.63) is 52.0 Å². The van der Waals surface area contributed by atoms with Crippen LogP contribution in [0.5, 0.6) is 0 Å². The Morgan fingerprint density at radius 1 is 1.41 bits per heavy atom. The Morgan fingerprint density at radius 3 is 3.18 bits per heavy atom. The maximum Gasteiger partial charge on any atom is 0.220 e. The van der Waals surface area contributed by atoms with E-state index in [1.165, 1.54) is 30.4 Å². The van der Waals surface area contributed by atoms with Crippen molar-refractivity contribution in [1.82, 2.24) is 10.3 Å². The lowest BCUT2D eigenvalue weighted by Gasteiger charge is -2.12. The monoisotopic (exact) mass is 312 g/mol. The number of carbonyl (C=O) groups excluding carboxylic acids is 1. The molecule has 1 N–H and O–H groups in total. The molecule has 1 amide bonds. The summed E-state index contributed by atoms with van der Waals surface area (Å²) in [6.45, 7) is 0.824. The summed E-state index contributed by atoms with van der Waals surface area (Å²) in [4.78, 5) is 16.2. The fourth-order valence-corrected chi connectivity index (χ4v) is 4.52. The van der Waals surface area contributed by atoms with E-state index in [4.69, 9.17) is 0 Å². The van der Waals surface area contributed by atoms with Gasteiger partial charge in [0.05, 0.1) is 11.2 Å². The summed E-state index contributed by atoms with van der Waals surface area (Å²) in [5.74, 6) is 0.778. The highest BCUT2D eigenvalue weighted by atomic mass is 32.1. The molecule has 1 fully saturated rings. The van der Waals surface area contributed by atoms with Crippen LogP contribution in [0, 0.1) is 5.92 Å². The second-order valence-corrected chi connectivity index (χ2v) is 7.22. The van der Waals surface area contributed by atoms with Gasteiger partial charge < -0.3 is 5.32 Å². The Bertz CT molecular complexity index is 682. The topological polar surface area (TPSA) is 42.0 Å². The summed E-state index contributed by atoms with van der Waals surface area (Å²) in [6, 6.07) is 8.82. The number of aryl methyl sites for hydroxylation is 2. The van der Waals surface area contributed by atoms with E-state index in [9.17, 15) is 4.79 Å². The quantitative estimate of drug-likeness (QED) is 0.922. The first kappa shape index (κ1) is 13.9. The number of amides is 1. The molecule has 0 unspecified atom stereocenters. The Morgan fingerprint density at radius 2 is 2.32 bits per heavy atom. The van der Waals surface area contributed by atoms with Gasteiger partial charge in [-0.2, -0.15) is 0 Å². The summed E-state index contributed by atoms with van der Waals surface area (Å²) < 4.78 is 0. The minimum atomic E-state index is 0.154. The molecule has 2 atom stereocenters. The number of rotatable bonds is 5. The smallest absolute Gasteiger partial charge is 0.220 e. The van der Waals surface area contributed by atoms with Crippen LogP contribution in [0.15, 0.2) is 35.2 Å². The maximum atomic E-state index is 12.0. The molecule has 0 aliphatic heterocycles. The van der Waals surface area contributed by atoms with Gasteiger partial charge in [-0.3, -0.25) is 4.79 Å². The van der Waals surface area contributed by atoms with Gasteiger partial charge in [-0.1, -0.05) is 24.3 Å². The van der Waals surface area contributed by atoms with Gasteiger partial charge in [0, 0.05) is 23.8 Å². The molecule has 2 aliphatic rings. The minimum absolute atomic E-state index is 0.154. The molecule has 0 radical (unpaired) electrons. The number of fused-ring (bicyclic) bond motifs is 2.